The number of nitrogens with one attached hydrogen (secondary N) is 1. The first-order valence-electron chi connectivity index (χ1n) is 9.65. The Morgan fingerprint density at radius 3 is 2.71 bits per heavy atom. The zero-order chi connectivity index (χ0) is 19.9. The number of hydrogen-bond acceptors (Lipinski definition) is 2. The van der Waals surface area contributed by atoms with Crippen molar-refractivity contribution in [1.82, 2.24) is 14.9 Å². The lowest BCUT2D eigenvalue weighted by molar-refractivity contribution is 0.470. The Morgan fingerprint density at radius 2 is 2.00 bits per heavy atom. The largest absolute Gasteiger partial charge is 0.344 e. The van der Waals surface area contributed by atoms with Crippen molar-refractivity contribution in [2.45, 2.75) is 49.5 Å². The number of nitrogens with zero attached hydrogens (tertiary/aromatic N) is 2. The van der Waals surface area contributed by atoms with Gasteiger partial charge in [0.05, 0.1) is 0 Å². The number of rotatable bonds is 4. The molecular formula is C22H24Cl3N3. The molecule has 0 spiro atoms. The number of pyridine rings is 1. The Balaban J connectivity index is 1.75. The van der Waals surface area contributed by atoms with E-state index in [1.54, 1.807) is 0 Å². The van der Waals surface area contributed by atoms with Gasteiger partial charge < -0.3 is 9.88 Å². The van der Waals surface area contributed by atoms with Crippen molar-refractivity contribution in [3.63, 3.8) is 0 Å². The third-order valence-corrected chi connectivity index (χ3v) is 5.97. The van der Waals surface area contributed by atoms with E-state index in [9.17, 15) is 0 Å². The van der Waals surface area contributed by atoms with E-state index in [0.717, 1.165) is 31.6 Å². The molecule has 6 heteroatoms. The van der Waals surface area contributed by atoms with Gasteiger partial charge in [0.2, 0.25) is 0 Å². The van der Waals surface area contributed by atoms with E-state index < -0.39 is 3.79 Å². The van der Waals surface area contributed by atoms with Gasteiger partial charge in [-0.15, -0.1) is 0 Å². The van der Waals surface area contributed by atoms with Crippen LogP contribution in [0.15, 0.2) is 36.5 Å². The summed E-state index contributed by atoms with van der Waals surface area (Å²) in [7, 11) is 0. The Morgan fingerprint density at radius 1 is 1.18 bits per heavy atom. The van der Waals surface area contributed by atoms with Gasteiger partial charge in [0.1, 0.15) is 0 Å². The minimum absolute atomic E-state index is 0.0443. The zero-order valence-corrected chi connectivity index (χ0v) is 18.4. The van der Waals surface area contributed by atoms with Crippen molar-refractivity contribution in [2.75, 3.05) is 6.54 Å². The summed E-state index contributed by atoms with van der Waals surface area (Å²) < 4.78 is 1.17. The van der Waals surface area contributed by atoms with E-state index in [1.807, 2.05) is 13.1 Å². The molecule has 1 aliphatic heterocycles. The Bertz CT molecular complexity index is 987. The van der Waals surface area contributed by atoms with Crippen LogP contribution in [0.2, 0.25) is 0 Å². The van der Waals surface area contributed by atoms with Crippen LogP contribution in [0.3, 0.4) is 0 Å². The molecular weight excluding hydrogens is 413 g/mol. The van der Waals surface area contributed by atoms with Crippen LogP contribution < -0.4 is 5.32 Å². The van der Waals surface area contributed by atoms with Gasteiger partial charge in [-0.05, 0) is 49.6 Å². The standard InChI is InChI=1S/C22H24Cl3N3/c1-14-3-6-19-17(11-14)21-18(12-22(23,24)25)26-9-7-20(21)28(19)10-8-16-5-4-15(2)27-13-16/h3-6,11,13,18,26H,7-10,12H2,1-2H3. The maximum Gasteiger partial charge on any atom is 0.192 e. The van der Waals surface area contributed by atoms with Crippen molar-refractivity contribution in [1.29, 1.82) is 0 Å². The maximum absolute atomic E-state index is 6.15. The zero-order valence-electron chi connectivity index (χ0n) is 16.1. The van der Waals surface area contributed by atoms with E-state index >= 15 is 0 Å². The first-order valence-corrected chi connectivity index (χ1v) is 10.8. The van der Waals surface area contributed by atoms with Crippen molar-refractivity contribution < 1.29 is 0 Å². The molecule has 0 saturated heterocycles. The minimum atomic E-state index is -1.28. The topological polar surface area (TPSA) is 29.9 Å². The molecule has 0 bridgehead atoms. The quantitative estimate of drug-likeness (QED) is 0.520. The highest BCUT2D eigenvalue weighted by Crippen LogP contribution is 2.42. The van der Waals surface area contributed by atoms with E-state index in [4.69, 9.17) is 34.8 Å². The molecule has 0 amide bonds. The predicted molar refractivity (Wildman–Crippen MR) is 119 cm³/mol. The van der Waals surface area contributed by atoms with Gasteiger partial charge in [-0.3, -0.25) is 4.98 Å². The smallest absolute Gasteiger partial charge is 0.192 e. The molecule has 148 valence electrons. The van der Waals surface area contributed by atoms with Crippen molar-refractivity contribution >= 4 is 45.7 Å². The summed E-state index contributed by atoms with van der Waals surface area (Å²) in [6.07, 6.45) is 4.36. The number of alkyl halides is 3. The molecule has 2 aromatic heterocycles. The highest BCUT2D eigenvalue weighted by molar-refractivity contribution is 6.67. The van der Waals surface area contributed by atoms with Crippen LogP contribution in [0.5, 0.6) is 0 Å². The van der Waals surface area contributed by atoms with Crippen molar-refractivity contribution in [3.05, 3.63) is 64.6 Å². The third kappa shape index (κ3) is 4.18. The second-order valence-corrected chi connectivity index (χ2v) is 10.2. The lowest BCUT2D eigenvalue weighted by Crippen LogP contribution is -2.33. The summed E-state index contributed by atoms with van der Waals surface area (Å²) in [6.45, 7) is 5.95. The summed E-state index contributed by atoms with van der Waals surface area (Å²) in [6, 6.07) is 10.9. The normalized spacial score (nSPS) is 17.1. The number of benzene rings is 1. The molecule has 0 saturated carbocycles. The Hall–Kier alpha value is -1.26. The average molecular weight is 437 g/mol. The van der Waals surface area contributed by atoms with Crippen LogP contribution in [0.1, 0.15) is 40.5 Å². The van der Waals surface area contributed by atoms with Crippen molar-refractivity contribution in [3.8, 4) is 0 Å². The lowest BCUT2D eigenvalue weighted by atomic mass is 9.95. The van der Waals surface area contributed by atoms with Gasteiger partial charge >= 0.3 is 0 Å². The van der Waals surface area contributed by atoms with Gasteiger partial charge in [-0.25, -0.2) is 0 Å². The van der Waals surface area contributed by atoms with Crippen LogP contribution >= 0.6 is 34.8 Å². The maximum atomic E-state index is 6.15. The average Bonchev–Trinajstić information content (AvgIpc) is 2.94. The van der Waals surface area contributed by atoms with E-state index in [1.165, 1.54) is 33.3 Å². The number of fused-ring (bicyclic) bond motifs is 3. The molecule has 0 fully saturated rings. The lowest BCUT2D eigenvalue weighted by Gasteiger charge is -2.28. The molecule has 1 aliphatic rings. The fourth-order valence-corrected chi connectivity index (χ4v) is 4.68. The Labute approximate surface area is 181 Å². The highest BCUT2D eigenvalue weighted by atomic mass is 35.6. The van der Waals surface area contributed by atoms with Crippen LogP contribution in [-0.2, 0) is 19.4 Å². The number of hydrogen-bond donors (Lipinski definition) is 1. The van der Waals surface area contributed by atoms with E-state index in [2.05, 4.69) is 52.1 Å². The van der Waals surface area contributed by atoms with Gasteiger partial charge in [0.15, 0.2) is 3.79 Å². The van der Waals surface area contributed by atoms with E-state index in [-0.39, 0.29) is 6.04 Å². The molecule has 1 unspecified atom stereocenters. The molecule has 3 nitrogen and oxygen atoms in total. The SMILES string of the molecule is Cc1ccc2c(c1)c1c(n2CCc2ccc(C)nc2)CCNC1CC(Cl)(Cl)Cl. The monoisotopic (exact) mass is 435 g/mol. The molecule has 4 rings (SSSR count). The summed E-state index contributed by atoms with van der Waals surface area (Å²) in [5, 5.41) is 4.83. The summed E-state index contributed by atoms with van der Waals surface area (Å²) in [5.41, 5.74) is 7.45. The fraction of sp³-hybridized carbons (Fsp3) is 0.409. The summed E-state index contributed by atoms with van der Waals surface area (Å²) >= 11 is 18.5. The van der Waals surface area contributed by atoms with Crippen molar-refractivity contribution in [2.24, 2.45) is 0 Å². The van der Waals surface area contributed by atoms with Gasteiger partial charge in [-0.1, -0.05) is 52.5 Å². The molecule has 3 heterocycles. The van der Waals surface area contributed by atoms with E-state index in [0.29, 0.717) is 6.42 Å². The fourth-order valence-electron chi connectivity index (χ4n) is 4.22. The molecule has 3 aromatic rings. The highest BCUT2D eigenvalue weighted by Gasteiger charge is 2.33. The molecule has 1 N–H and O–H groups in total. The molecule has 28 heavy (non-hydrogen) atoms. The minimum Gasteiger partial charge on any atom is -0.344 e. The van der Waals surface area contributed by atoms with Gasteiger partial charge in [-0.2, -0.15) is 0 Å². The second-order valence-electron chi connectivity index (χ2n) is 7.67. The van der Waals surface area contributed by atoms with Crippen LogP contribution in [0.25, 0.3) is 10.9 Å². The van der Waals surface area contributed by atoms with Crippen LogP contribution in [0.4, 0.5) is 0 Å². The third-order valence-electron chi connectivity index (χ3n) is 5.50. The number of halogens is 3. The van der Waals surface area contributed by atoms with Gasteiger partial charge in [0.25, 0.3) is 0 Å². The van der Waals surface area contributed by atoms with Crippen LogP contribution in [-0.4, -0.2) is 19.9 Å². The number of aryl methyl sites for hydroxylation is 4. The molecule has 0 radical (unpaired) electrons. The molecule has 0 aliphatic carbocycles. The predicted octanol–water partition coefficient (Wildman–Crippen LogP) is 5.84. The summed E-state index contributed by atoms with van der Waals surface area (Å²) in [5.74, 6) is 0. The first kappa shape index (κ1) is 20.0. The Kier molecular flexibility index (Phi) is 5.63. The van der Waals surface area contributed by atoms with Crippen LogP contribution in [0, 0.1) is 13.8 Å². The first-order chi connectivity index (χ1) is 13.3. The van der Waals surface area contributed by atoms with Gasteiger partial charge in [0, 0.05) is 60.5 Å². The summed E-state index contributed by atoms with van der Waals surface area (Å²) in [4.78, 5) is 4.43. The molecule has 1 aromatic carbocycles. The second kappa shape index (κ2) is 7.87. The molecule has 1 atom stereocenters. The number of aromatic nitrogens is 2.